The highest BCUT2D eigenvalue weighted by Gasteiger charge is 2.21. The number of hydrogen-bond acceptors (Lipinski definition) is 4. The Morgan fingerprint density at radius 2 is 2.00 bits per heavy atom. The SMILES string of the molecule is CCC(CC)C(=O)NCc1nnnn1C1CCCCC1. The zero-order valence-corrected chi connectivity index (χ0v) is 12.5. The minimum atomic E-state index is 0.0917. The van der Waals surface area contributed by atoms with Crippen LogP contribution in [0.4, 0.5) is 0 Å². The zero-order valence-electron chi connectivity index (χ0n) is 12.5. The fourth-order valence-corrected chi connectivity index (χ4v) is 2.91. The standard InChI is InChI=1S/C14H25N5O/c1-3-11(4-2)14(20)15-10-13-16-17-18-19(13)12-8-6-5-7-9-12/h11-12H,3-10H2,1-2H3,(H,15,20). The average Bonchev–Trinajstić information content (AvgIpc) is 2.95. The first-order chi connectivity index (χ1) is 9.76. The van der Waals surface area contributed by atoms with Gasteiger partial charge in [0.1, 0.15) is 0 Å². The van der Waals surface area contributed by atoms with Gasteiger partial charge in [-0.1, -0.05) is 33.1 Å². The molecule has 2 rings (SSSR count). The topological polar surface area (TPSA) is 72.7 Å². The van der Waals surface area contributed by atoms with Crippen molar-refractivity contribution in [2.24, 2.45) is 5.92 Å². The van der Waals surface area contributed by atoms with E-state index in [9.17, 15) is 4.79 Å². The molecule has 0 aliphatic heterocycles. The quantitative estimate of drug-likeness (QED) is 0.866. The maximum atomic E-state index is 12.0. The third-order valence-corrected chi connectivity index (χ3v) is 4.26. The van der Waals surface area contributed by atoms with Gasteiger partial charge in [0.05, 0.1) is 12.6 Å². The van der Waals surface area contributed by atoms with Gasteiger partial charge in [-0.05, 0) is 36.1 Å². The predicted molar refractivity (Wildman–Crippen MR) is 75.9 cm³/mol. The molecule has 0 spiro atoms. The zero-order chi connectivity index (χ0) is 14.4. The molecule has 1 N–H and O–H groups in total. The molecule has 20 heavy (non-hydrogen) atoms. The van der Waals surface area contributed by atoms with Crippen LogP contribution in [0, 0.1) is 5.92 Å². The second-order valence-electron chi connectivity index (χ2n) is 5.56. The number of rotatable bonds is 6. The summed E-state index contributed by atoms with van der Waals surface area (Å²) in [4.78, 5) is 12.0. The first kappa shape index (κ1) is 14.9. The third-order valence-electron chi connectivity index (χ3n) is 4.26. The van der Waals surface area contributed by atoms with E-state index in [2.05, 4.69) is 20.8 Å². The van der Waals surface area contributed by atoms with Crippen LogP contribution >= 0.6 is 0 Å². The molecule has 1 fully saturated rings. The lowest BCUT2D eigenvalue weighted by atomic mass is 9.95. The Hall–Kier alpha value is -1.46. The van der Waals surface area contributed by atoms with Crippen molar-refractivity contribution in [1.82, 2.24) is 25.5 Å². The van der Waals surface area contributed by atoms with Crippen molar-refractivity contribution in [2.75, 3.05) is 0 Å². The van der Waals surface area contributed by atoms with Crippen molar-refractivity contribution in [3.05, 3.63) is 5.82 Å². The molecule has 0 atom stereocenters. The normalized spacial score (nSPS) is 16.6. The number of amides is 1. The summed E-state index contributed by atoms with van der Waals surface area (Å²) in [6, 6.07) is 0.402. The Morgan fingerprint density at radius 3 is 2.65 bits per heavy atom. The molecule has 1 aromatic heterocycles. The summed E-state index contributed by atoms with van der Waals surface area (Å²) in [6.07, 6.45) is 7.80. The van der Waals surface area contributed by atoms with Crippen molar-refractivity contribution in [1.29, 1.82) is 0 Å². The number of carbonyl (C=O) groups excluding carboxylic acids is 1. The van der Waals surface area contributed by atoms with Gasteiger partial charge in [0.15, 0.2) is 5.82 Å². The van der Waals surface area contributed by atoms with Crippen LogP contribution in [0.25, 0.3) is 0 Å². The Balaban J connectivity index is 1.93. The summed E-state index contributed by atoms with van der Waals surface area (Å²) in [5, 5.41) is 14.9. The first-order valence-electron chi connectivity index (χ1n) is 7.80. The van der Waals surface area contributed by atoms with Gasteiger partial charge < -0.3 is 5.32 Å². The number of hydrogen-bond donors (Lipinski definition) is 1. The van der Waals surface area contributed by atoms with E-state index < -0.39 is 0 Å². The predicted octanol–water partition coefficient (Wildman–Crippen LogP) is 2.23. The van der Waals surface area contributed by atoms with Crippen molar-refractivity contribution < 1.29 is 4.79 Å². The van der Waals surface area contributed by atoms with E-state index in [1.807, 2.05) is 18.5 Å². The van der Waals surface area contributed by atoms with Crippen molar-refractivity contribution in [3.8, 4) is 0 Å². The van der Waals surface area contributed by atoms with Crippen LogP contribution in [0.5, 0.6) is 0 Å². The largest absolute Gasteiger partial charge is 0.348 e. The summed E-state index contributed by atoms with van der Waals surface area (Å²) < 4.78 is 1.91. The summed E-state index contributed by atoms with van der Waals surface area (Å²) in [6.45, 7) is 4.51. The Labute approximate surface area is 120 Å². The number of carbonyl (C=O) groups is 1. The van der Waals surface area contributed by atoms with Gasteiger partial charge >= 0.3 is 0 Å². The van der Waals surface area contributed by atoms with Gasteiger partial charge in [-0.2, -0.15) is 0 Å². The average molecular weight is 279 g/mol. The van der Waals surface area contributed by atoms with Gasteiger partial charge in [0.25, 0.3) is 0 Å². The summed E-state index contributed by atoms with van der Waals surface area (Å²) >= 11 is 0. The summed E-state index contributed by atoms with van der Waals surface area (Å²) in [5.41, 5.74) is 0. The molecule has 0 radical (unpaired) electrons. The lowest BCUT2D eigenvalue weighted by molar-refractivity contribution is -0.125. The second kappa shape index (κ2) is 7.36. The number of aromatic nitrogens is 4. The molecular weight excluding hydrogens is 254 g/mol. The highest BCUT2D eigenvalue weighted by Crippen LogP contribution is 2.27. The smallest absolute Gasteiger partial charge is 0.223 e. The lowest BCUT2D eigenvalue weighted by Crippen LogP contribution is -2.31. The minimum Gasteiger partial charge on any atom is -0.348 e. The number of nitrogens with zero attached hydrogens (tertiary/aromatic N) is 4. The van der Waals surface area contributed by atoms with E-state index >= 15 is 0 Å². The molecule has 1 aliphatic carbocycles. The van der Waals surface area contributed by atoms with Gasteiger partial charge in [0.2, 0.25) is 5.91 Å². The van der Waals surface area contributed by atoms with Crippen LogP contribution in [0.15, 0.2) is 0 Å². The highest BCUT2D eigenvalue weighted by atomic mass is 16.1. The van der Waals surface area contributed by atoms with Gasteiger partial charge in [-0.15, -0.1) is 5.10 Å². The molecular formula is C14H25N5O. The van der Waals surface area contributed by atoms with Crippen LogP contribution in [-0.4, -0.2) is 26.1 Å². The van der Waals surface area contributed by atoms with Gasteiger partial charge in [0, 0.05) is 5.92 Å². The Morgan fingerprint density at radius 1 is 1.30 bits per heavy atom. The Kier molecular flexibility index (Phi) is 5.49. The van der Waals surface area contributed by atoms with Crippen LogP contribution in [0.3, 0.4) is 0 Å². The van der Waals surface area contributed by atoms with E-state index in [4.69, 9.17) is 0 Å². The van der Waals surface area contributed by atoms with Crippen molar-refractivity contribution >= 4 is 5.91 Å². The molecule has 0 unspecified atom stereocenters. The molecule has 6 nitrogen and oxygen atoms in total. The van der Waals surface area contributed by atoms with Crippen LogP contribution in [0.1, 0.15) is 70.7 Å². The third kappa shape index (κ3) is 3.55. The molecule has 0 aromatic carbocycles. The van der Waals surface area contributed by atoms with E-state index in [0.717, 1.165) is 31.5 Å². The fraction of sp³-hybridized carbons (Fsp3) is 0.857. The monoisotopic (exact) mass is 279 g/mol. The van der Waals surface area contributed by atoms with E-state index in [1.165, 1.54) is 19.3 Å². The summed E-state index contributed by atoms with van der Waals surface area (Å²) in [7, 11) is 0. The molecule has 6 heteroatoms. The van der Waals surface area contributed by atoms with Gasteiger partial charge in [-0.25, -0.2) is 4.68 Å². The van der Waals surface area contributed by atoms with Gasteiger partial charge in [-0.3, -0.25) is 4.79 Å². The maximum absolute atomic E-state index is 12.0. The Bertz CT molecular complexity index is 421. The molecule has 0 saturated heterocycles. The molecule has 1 heterocycles. The molecule has 1 aromatic rings. The molecule has 1 amide bonds. The molecule has 112 valence electrons. The van der Waals surface area contributed by atoms with E-state index in [1.54, 1.807) is 0 Å². The van der Waals surface area contributed by atoms with Crippen LogP contribution < -0.4 is 5.32 Å². The maximum Gasteiger partial charge on any atom is 0.223 e. The second-order valence-corrected chi connectivity index (χ2v) is 5.56. The minimum absolute atomic E-state index is 0.0917. The van der Waals surface area contributed by atoms with Crippen LogP contribution in [-0.2, 0) is 11.3 Å². The highest BCUT2D eigenvalue weighted by molar-refractivity contribution is 5.78. The molecule has 0 bridgehead atoms. The molecule has 1 saturated carbocycles. The summed E-state index contributed by atoms with van der Waals surface area (Å²) in [5.74, 6) is 0.971. The lowest BCUT2D eigenvalue weighted by Gasteiger charge is -2.22. The van der Waals surface area contributed by atoms with Crippen molar-refractivity contribution in [3.63, 3.8) is 0 Å². The number of tetrazole rings is 1. The number of nitrogens with one attached hydrogen (secondary N) is 1. The first-order valence-corrected chi connectivity index (χ1v) is 7.80. The van der Waals surface area contributed by atoms with Crippen molar-refractivity contribution in [2.45, 2.75) is 71.4 Å². The fourth-order valence-electron chi connectivity index (χ4n) is 2.91. The van der Waals surface area contributed by atoms with E-state index in [0.29, 0.717) is 12.6 Å². The van der Waals surface area contributed by atoms with E-state index in [-0.39, 0.29) is 11.8 Å². The van der Waals surface area contributed by atoms with Crippen LogP contribution in [0.2, 0.25) is 0 Å². The molecule has 1 aliphatic rings.